The molecule has 0 aliphatic rings. The quantitative estimate of drug-likeness (QED) is 0.404. The molecule has 0 fully saturated rings. The summed E-state index contributed by atoms with van der Waals surface area (Å²) in [5.41, 5.74) is 1.24. The fraction of sp³-hybridized carbons (Fsp3) is 0.0769. The fourth-order valence-electron chi connectivity index (χ4n) is 3.30. The van der Waals surface area contributed by atoms with Crippen LogP contribution in [-0.2, 0) is 4.79 Å². The zero-order valence-corrected chi connectivity index (χ0v) is 18.3. The van der Waals surface area contributed by atoms with E-state index in [0.717, 1.165) is 26.3 Å². The summed E-state index contributed by atoms with van der Waals surface area (Å²) in [4.78, 5) is 27.2. The number of carbonyl (C=O) groups is 2. The van der Waals surface area contributed by atoms with Gasteiger partial charge >= 0.3 is 0 Å². The number of amides is 2. The Hall–Kier alpha value is -3.77. The summed E-state index contributed by atoms with van der Waals surface area (Å²) < 4.78 is 5.20. The third-order valence-corrected chi connectivity index (χ3v) is 5.98. The van der Waals surface area contributed by atoms with Crippen LogP contribution < -0.4 is 15.4 Å². The fourth-order valence-corrected chi connectivity index (χ4v) is 4.20. The van der Waals surface area contributed by atoms with Crippen LogP contribution in [0.25, 0.3) is 10.8 Å². The average molecular weight is 443 g/mol. The third kappa shape index (κ3) is 5.10. The van der Waals surface area contributed by atoms with Crippen LogP contribution in [0.15, 0.2) is 101 Å². The topological polar surface area (TPSA) is 67.4 Å². The number of hydrogen-bond donors (Lipinski definition) is 2. The normalized spacial score (nSPS) is 10.5. The highest BCUT2D eigenvalue weighted by Crippen LogP contribution is 2.34. The van der Waals surface area contributed by atoms with Crippen LogP contribution in [-0.4, -0.2) is 25.5 Å². The van der Waals surface area contributed by atoms with Crippen molar-refractivity contribution in [2.45, 2.75) is 9.79 Å². The largest absolute Gasteiger partial charge is 0.497 e. The first kappa shape index (κ1) is 21.5. The van der Waals surface area contributed by atoms with E-state index in [-0.39, 0.29) is 18.4 Å². The van der Waals surface area contributed by atoms with Gasteiger partial charge in [0.15, 0.2) is 0 Å². The summed E-state index contributed by atoms with van der Waals surface area (Å²) in [6.45, 7) is -0.121. The van der Waals surface area contributed by atoms with Gasteiger partial charge < -0.3 is 15.4 Å². The first-order valence-electron chi connectivity index (χ1n) is 10.1. The molecule has 4 aromatic rings. The van der Waals surface area contributed by atoms with E-state index in [1.165, 1.54) is 0 Å². The summed E-state index contributed by atoms with van der Waals surface area (Å²) in [7, 11) is 1.63. The maximum absolute atomic E-state index is 12.7. The van der Waals surface area contributed by atoms with E-state index in [1.807, 2.05) is 84.9 Å². The lowest BCUT2D eigenvalue weighted by atomic mass is 10.0. The van der Waals surface area contributed by atoms with Crippen LogP contribution in [0.1, 0.15) is 10.4 Å². The van der Waals surface area contributed by atoms with Crippen molar-refractivity contribution < 1.29 is 14.3 Å². The second-order valence-electron chi connectivity index (χ2n) is 7.03. The number of para-hydroxylation sites is 1. The second-order valence-corrected chi connectivity index (χ2v) is 8.15. The Morgan fingerprint density at radius 3 is 2.38 bits per heavy atom. The number of hydrogen-bond acceptors (Lipinski definition) is 4. The molecule has 5 nitrogen and oxygen atoms in total. The lowest BCUT2D eigenvalue weighted by Gasteiger charge is -2.12. The summed E-state index contributed by atoms with van der Waals surface area (Å²) in [5, 5.41) is 7.46. The van der Waals surface area contributed by atoms with E-state index >= 15 is 0 Å². The number of fused-ring (bicyclic) bond motifs is 1. The van der Waals surface area contributed by atoms with Crippen molar-refractivity contribution in [1.29, 1.82) is 0 Å². The predicted molar refractivity (Wildman–Crippen MR) is 128 cm³/mol. The Morgan fingerprint density at radius 1 is 0.844 bits per heavy atom. The second kappa shape index (κ2) is 10.0. The molecule has 0 radical (unpaired) electrons. The van der Waals surface area contributed by atoms with Crippen LogP contribution in [0.2, 0.25) is 0 Å². The van der Waals surface area contributed by atoms with Gasteiger partial charge in [-0.3, -0.25) is 9.59 Å². The van der Waals surface area contributed by atoms with Gasteiger partial charge in [0.1, 0.15) is 5.75 Å². The summed E-state index contributed by atoms with van der Waals surface area (Å²) in [5.74, 6) is 0.220. The molecule has 2 amide bonds. The zero-order valence-electron chi connectivity index (χ0n) is 17.5. The molecule has 2 N–H and O–H groups in total. The molecular formula is C26H22N2O3S. The highest BCUT2D eigenvalue weighted by molar-refractivity contribution is 7.99. The molecule has 0 atom stereocenters. The summed E-state index contributed by atoms with van der Waals surface area (Å²) >= 11 is 1.54. The van der Waals surface area contributed by atoms with Crippen molar-refractivity contribution in [3.63, 3.8) is 0 Å². The van der Waals surface area contributed by atoms with Crippen molar-refractivity contribution in [1.82, 2.24) is 5.32 Å². The molecule has 0 heterocycles. The standard InChI is InChI=1S/C26H22N2O3S/c1-31-19-13-15-20(16-14-19)32-24-12-5-4-11-23(24)28-25(29)17-27-26(30)22-10-6-8-18-7-2-3-9-21(18)22/h2-16H,17H2,1H3,(H,27,30)(H,28,29). The molecule has 0 aliphatic heterocycles. The molecule has 0 saturated heterocycles. The lowest BCUT2D eigenvalue weighted by Crippen LogP contribution is -2.33. The molecule has 0 spiro atoms. The minimum Gasteiger partial charge on any atom is -0.497 e. The van der Waals surface area contributed by atoms with E-state index in [1.54, 1.807) is 24.9 Å². The van der Waals surface area contributed by atoms with Gasteiger partial charge in [-0.15, -0.1) is 0 Å². The van der Waals surface area contributed by atoms with Gasteiger partial charge in [0, 0.05) is 15.4 Å². The minimum absolute atomic E-state index is 0.121. The van der Waals surface area contributed by atoms with Gasteiger partial charge in [0.2, 0.25) is 5.91 Å². The van der Waals surface area contributed by atoms with E-state index in [2.05, 4.69) is 10.6 Å². The minimum atomic E-state index is -0.290. The summed E-state index contributed by atoms with van der Waals surface area (Å²) in [6, 6.07) is 28.5. The van der Waals surface area contributed by atoms with Gasteiger partial charge in [0.05, 0.1) is 19.3 Å². The molecule has 0 aromatic heterocycles. The third-order valence-electron chi connectivity index (χ3n) is 4.89. The van der Waals surface area contributed by atoms with Crippen LogP contribution in [0, 0.1) is 0 Å². The van der Waals surface area contributed by atoms with Crippen LogP contribution in [0.3, 0.4) is 0 Å². The van der Waals surface area contributed by atoms with Crippen molar-refractivity contribution in [3.8, 4) is 5.75 Å². The molecule has 160 valence electrons. The van der Waals surface area contributed by atoms with E-state index in [0.29, 0.717) is 11.3 Å². The number of nitrogens with one attached hydrogen (secondary N) is 2. The van der Waals surface area contributed by atoms with Gasteiger partial charge in [-0.25, -0.2) is 0 Å². The molecule has 0 aliphatic carbocycles. The maximum atomic E-state index is 12.7. The van der Waals surface area contributed by atoms with Crippen LogP contribution >= 0.6 is 11.8 Å². The number of anilines is 1. The van der Waals surface area contributed by atoms with Crippen LogP contribution in [0.4, 0.5) is 5.69 Å². The molecule has 32 heavy (non-hydrogen) atoms. The Labute approximate surface area is 190 Å². The monoisotopic (exact) mass is 442 g/mol. The molecule has 4 rings (SSSR count). The van der Waals surface area contributed by atoms with Crippen molar-refractivity contribution in [2.75, 3.05) is 19.0 Å². The number of methoxy groups -OCH3 is 1. The Balaban J connectivity index is 1.40. The number of ether oxygens (including phenoxy) is 1. The molecular weight excluding hydrogens is 420 g/mol. The van der Waals surface area contributed by atoms with E-state index in [9.17, 15) is 9.59 Å². The van der Waals surface area contributed by atoms with Crippen molar-refractivity contribution in [2.24, 2.45) is 0 Å². The highest BCUT2D eigenvalue weighted by atomic mass is 32.2. The van der Waals surface area contributed by atoms with Gasteiger partial charge in [-0.1, -0.05) is 60.3 Å². The van der Waals surface area contributed by atoms with Crippen molar-refractivity contribution >= 4 is 40.0 Å². The molecule has 6 heteroatoms. The SMILES string of the molecule is COc1ccc(Sc2ccccc2NC(=O)CNC(=O)c2cccc3ccccc23)cc1. The number of carbonyl (C=O) groups excluding carboxylic acids is 2. The first-order valence-corrected chi connectivity index (χ1v) is 10.9. The average Bonchev–Trinajstić information content (AvgIpc) is 2.84. The Kier molecular flexibility index (Phi) is 6.72. The first-order chi connectivity index (χ1) is 15.6. The maximum Gasteiger partial charge on any atom is 0.252 e. The highest BCUT2D eigenvalue weighted by Gasteiger charge is 2.13. The summed E-state index contributed by atoms with van der Waals surface area (Å²) in [6.07, 6.45) is 0. The molecule has 0 saturated carbocycles. The zero-order chi connectivity index (χ0) is 22.3. The molecule has 4 aromatic carbocycles. The smallest absolute Gasteiger partial charge is 0.252 e. The van der Waals surface area contributed by atoms with E-state index < -0.39 is 0 Å². The Bertz CT molecular complexity index is 1250. The van der Waals surface area contributed by atoms with Gasteiger partial charge in [0.25, 0.3) is 5.91 Å². The Morgan fingerprint density at radius 2 is 1.56 bits per heavy atom. The van der Waals surface area contributed by atoms with Gasteiger partial charge in [-0.2, -0.15) is 0 Å². The van der Waals surface area contributed by atoms with E-state index in [4.69, 9.17) is 4.74 Å². The number of rotatable bonds is 7. The van der Waals surface area contributed by atoms with Crippen LogP contribution in [0.5, 0.6) is 5.75 Å². The van der Waals surface area contributed by atoms with Crippen molar-refractivity contribution in [3.05, 3.63) is 96.6 Å². The predicted octanol–water partition coefficient (Wildman–Crippen LogP) is 5.37. The lowest BCUT2D eigenvalue weighted by molar-refractivity contribution is -0.115. The molecule has 0 bridgehead atoms. The molecule has 0 unspecified atom stereocenters. The number of benzene rings is 4. The van der Waals surface area contributed by atoms with Gasteiger partial charge in [-0.05, 0) is 53.2 Å².